The van der Waals surface area contributed by atoms with E-state index in [1.54, 1.807) is 0 Å². The van der Waals surface area contributed by atoms with E-state index < -0.39 is 0 Å². The van der Waals surface area contributed by atoms with Gasteiger partial charge in [0, 0.05) is 29.4 Å². The van der Waals surface area contributed by atoms with Crippen molar-refractivity contribution in [2.45, 2.75) is 18.1 Å². The molecule has 0 saturated carbocycles. The van der Waals surface area contributed by atoms with Crippen LogP contribution in [0.25, 0.3) is 0 Å². The molecule has 5 heteroatoms. The van der Waals surface area contributed by atoms with Crippen LogP contribution in [0.15, 0.2) is 11.6 Å². The van der Waals surface area contributed by atoms with Gasteiger partial charge in [0.25, 0.3) is 0 Å². The fourth-order valence-electron chi connectivity index (χ4n) is 2.41. The summed E-state index contributed by atoms with van der Waals surface area (Å²) >= 11 is 3.52. The number of rotatable bonds is 1. The minimum absolute atomic E-state index is 0.0334. The molecule has 0 aromatic carbocycles. The molecule has 1 aromatic heterocycles. The smallest absolute Gasteiger partial charge is 0.0975 e. The van der Waals surface area contributed by atoms with Gasteiger partial charge in [-0.05, 0) is 23.7 Å². The quantitative estimate of drug-likeness (QED) is 0.812. The van der Waals surface area contributed by atoms with Crippen LogP contribution in [0.2, 0.25) is 0 Å². The molecule has 3 rings (SSSR count). The number of hydrogen-bond donors (Lipinski definition) is 1. The third-order valence-electron chi connectivity index (χ3n) is 3.17. The monoisotopic (exact) mass is 242 g/mol. The number of aromatic nitrogens is 1. The summed E-state index contributed by atoms with van der Waals surface area (Å²) in [5, 5.41) is 5.72. The number of hydrogen-bond acceptors (Lipinski definition) is 5. The third-order valence-corrected chi connectivity index (χ3v) is 4.96. The molecule has 15 heavy (non-hydrogen) atoms. The van der Waals surface area contributed by atoms with E-state index in [1.165, 1.54) is 22.8 Å². The Morgan fingerprint density at radius 3 is 3.33 bits per heavy atom. The molecule has 2 aliphatic rings. The van der Waals surface area contributed by atoms with Crippen molar-refractivity contribution < 1.29 is 4.74 Å². The molecule has 2 unspecified atom stereocenters. The minimum atomic E-state index is 0.0334. The van der Waals surface area contributed by atoms with Gasteiger partial charge in [0.05, 0.1) is 18.2 Å². The lowest BCUT2D eigenvalue weighted by atomic mass is 9.88. The molecule has 0 radical (unpaired) electrons. The predicted octanol–water partition coefficient (Wildman–Crippen LogP) is 1.68. The lowest BCUT2D eigenvalue weighted by Gasteiger charge is -2.41. The van der Waals surface area contributed by atoms with E-state index in [9.17, 15) is 0 Å². The molecule has 1 aromatic rings. The Kier molecular flexibility index (Phi) is 2.72. The van der Waals surface area contributed by atoms with Gasteiger partial charge in [-0.2, -0.15) is 11.8 Å². The highest BCUT2D eigenvalue weighted by Gasteiger charge is 2.45. The Bertz CT molecular complexity index is 322. The van der Waals surface area contributed by atoms with Gasteiger partial charge in [-0.15, -0.1) is 0 Å². The maximum Gasteiger partial charge on any atom is 0.0975 e. The number of ether oxygens (including phenoxy) is 1. The first kappa shape index (κ1) is 10.1. The van der Waals surface area contributed by atoms with Gasteiger partial charge >= 0.3 is 0 Å². The summed E-state index contributed by atoms with van der Waals surface area (Å²) in [6.07, 6.45) is 3.13. The summed E-state index contributed by atoms with van der Waals surface area (Å²) in [5.74, 6) is 2.33. The molecule has 82 valence electrons. The summed E-state index contributed by atoms with van der Waals surface area (Å²) in [6, 6.07) is 0.347. The SMILES string of the molecule is c1nscc1C1NCCOC12CCSC2. The summed E-state index contributed by atoms with van der Waals surface area (Å²) in [4.78, 5) is 0. The molecule has 2 saturated heterocycles. The van der Waals surface area contributed by atoms with Gasteiger partial charge in [0.1, 0.15) is 0 Å². The summed E-state index contributed by atoms with van der Waals surface area (Å²) in [5.41, 5.74) is 1.33. The Labute approximate surface area is 97.8 Å². The van der Waals surface area contributed by atoms with Crippen LogP contribution in [0.3, 0.4) is 0 Å². The van der Waals surface area contributed by atoms with E-state index in [0.29, 0.717) is 6.04 Å². The second kappa shape index (κ2) is 4.05. The van der Waals surface area contributed by atoms with Crippen LogP contribution in [0.4, 0.5) is 0 Å². The molecule has 2 atom stereocenters. The van der Waals surface area contributed by atoms with Crippen molar-refractivity contribution in [3.05, 3.63) is 17.1 Å². The van der Waals surface area contributed by atoms with E-state index in [0.717, 1.165) is 25.3 Å². The molecule has 0 bridgehead atoms. The van der Waals surface area contributed by atoms with E-state index in [2.05, 4.69) is 15.1 Å². The zero-order chi connectivity index (χ0) is 10.1. The van der Waals surface area contributed by atoms with Crippen molar-refractivity contribution in [1.29, 1.82) is 0 Å². The first-order valence-electron chi connectivity index (χ1n) is 5.25. The molecule has 3 heterocycles. The molecule has 3 nitrogen and oxygen atoms in total. The van der Waals surface area contributed by atoms with Crippen LogP contribution in [0, 0.1) is 0 Å². The lowest BCUT2D eigenvalue weighted by Crippen LogP contribution is -2.52. The maximum absolute atomic E-state index is 6.06. The highest BCUT2D eigenvalue weighted by Crippen LogP contribution is 2.42. The van der Waals surface area contributed by atoms with Crippen molar-refractivity contribution in [3.63, 3.8) is 0 Å². The van der Waals surface area contributed by atoms with Crippen molar-refractivity contribution in [1.82, 2.24) is 9.69 Å². The first-order valence-corrected chi connectivity index (χ1v) is 7.24. The molecular formula is C10H14N2OS2. The lowest BCUT2D eigenvalue weighted by molar-refractivity contribution is -0.0795. The van der Waals surface area contributed by atoms with Crippen LogP contribution < -0.4 is 5.32 Å². The van der Waals surface area contributed by atoms with E-state index in [-0.39, 0.29) is 5.60 Å². The van der Waals surface area contributed by atoms with Gasteiger partial charge in [-0.25, -0.2) is 4.37 Å². The fourth-order valence-corrected chi connectivity index (χ4v) is 4.34. The largest absolute Gasteiger partial charge is 0.371 e. The Hall–Kier alpha value is -0.100. The highest BCUT2D eigenvalue weighted by molar-refractivity contribution is 7.99. The maximum atomic E-state index is 6.06. The van der Waals surface area contributed by atoms with Gasteiger partial charge in [0.2, 0.25) is 0 Å². The topological polar surface area (TPSA) is 34.2 Å². The normalized spacial score (nSPS) is 36.1. The van der Waals surface area contributed by atoms with Gasteiger partial charge in [-0.1, -0.05) is 0 Å². The fraction of sp³-hybridized carbons (Fsp3) is 0.700. The average Bonchev–Trinajstić information content (AvgIpc) is 2.90. The van der Waals surface area contributed by atoms with Crippen LogP contribution >= 0.6 is 23.3 Å². The standard InChI is InChI=1S/C10H14N2OS2/c1-4-14-7-10(1)9(11-2-3-13-10)8-5-12-15-6-8/h5-6,9,11H,1-4,7H2. The van der Waals surface area contributed by atoms with Crippen molar-refractivity contribution in [2.75, 3.05) is 24.7 Å². The Morgan fingerprint density at radius 2 is 2.60 bits per heavy atom. The number of thioether (sulfide) groups is 1. The first-order chi connectivity index (χ1) is 7.41. The summed E-state index contributed by atoms with van der Waals surface area (Å²) in [6.45, 7) is 1.79. The Morgan fingerprint density at radius 1 is 1.60 bits per heavy atom. The van der Waals surface area contributed by atoms with Crippen molar-refractivity contribution in [3.8, 4) is 0 Å². The average molecular weight is 242 g/mol. The van der Waals surface area contributed by atoms with Gasteiger partial charge in [0.15, 0.2) is 0 Å². The zero-order valence-corrected chi connectivity index (χ0v) is 10.1. The van der Waals surface area contributed by atoms with Crippen molar-refractivity contribution >= 4 is 23.3 Å². The molecule has 1 spiro atoms. The van der Waals surface area contributed by atoms with Crippen LogP contribution in [-0.2, 0) is 4.74 Å². The molecule has 2 aliphatic heterocycles. The summed E-state index contributed by atoms with van der Waals surface area (Å²) in [7, 11) is 0. The van der Waals surface area contributed by atoms with Gasteiger partial charge < -0.3 is 10.1 Å². The minimum Gasteiger partial charge on any atom is -0.371 e. The van der Waals surface area contributed by atoms with E-state index in [4.69, 9.17) is 4.74 Å². The third kappa shape index (κ3) is 1.71. The molecule has 2 fully saturated rings. The number of nitrogens with one attached hydrogen (secondary N) is 1. The summed E-state index contributed by atoms with van der Waals surface area (Å²) < 4.78 is 10.2. The van der Waals surface area contributed by atoms with E-state index >= 15 is 0 Å². The van der Waals surface area contributed by atoms with Crippen molar-refractivity contribution in [2.24, 2.45) is 0 Å². The molecule has 0 aliphatic carbocycles. The van der Waals surface area contributed by atoms with Crippen LogP contribution in [0.5, 0.6) is 0 Å². The molecule has 1 N–H and O–H groups in total. The second-order valence-electron chi connectivity index (χ2n) is 4.06. The van der Waals surface area contributed by atoms with Crippen LogP contribution in [-0.4, -0.2) is 34.6 Å². The number of morpholine rings is 1. The zero-order valence-electron chi connectivity index (χ0n) is 8.44. The van der Waals surface area contributed by atoms with Crippen LogP contribution in [0.1, 0.15) is 18.0 Å². The second-order valence-corrected chi connectivity index (χ2v) is 5.82. The predicted molar refractivity (Wildman–Crippen MR) is 63.5 cm³/mol. The highest BCUT2D eigenvalue weighted by atomic mass is 32.2. The number of nitrogens with zero attached hydrogens (tertiary/aromatic N) is 1. The van der Waals surface area contributed by atoms with E-state index in [1.807, 2.05) is 18.0 Å². The molecule has 0 amide bonds. The van der Waals surface area contributed by atoms with Gasteiger partial charge in [-0.3, -0.25) is 0 Å². The Balaban J connectivity index is 1.90. The molecular weight excluding hydrogens is 228 g/mol.